The summed E-state index contributed by atoms with van der Waals surface area (Å²) in [5.41, 5.74) is 0.816. The number of ether oxygens (including phenoxy) is 1. The molecule has 1 aliphatic rings. The number of rotatable bonds is 4. The largest absolute Gasteiger partial charge is 0.481 e. The summed E-state index contributed by atoms with van der Waals surface area (Å²) in [5.74, 6) is 2.19. The molecule has 1 aliphatic heterocycles. The Kier molecular flexibility index (Phi) is 5.27. The third kappa shape index (κ3) is 3.98. The molecule has 1 amide bonds. The molecule has 0 N–H and O–H groups in total. The van der Waals surface area contributed by atoms with Crippen molar-refractivity contribution in [2.45, 2.75) is 20.0 Å². The van der Waals surface area contributed by atoms with Crippen molar-refractivity contribution in [2.75, 3.05) is 31.1 Å². The smallest absolute Gasteiger partial charge is 0.263 e. The van der Waals surface area contributed by atoms with Crippen molar-refractivity contribution in [1.29, 1.82) is 0 Å². The monoisotopic (exact) mass is 414 g/mol. The maximum atomic E-state index is 12.8. The number of hydrogen-bond acceptors (Lipinski definition) is 6. The number of aryl methyl sites for hydroxylation is 2. The van der Waals surface area contributed by atoms with Crippen LogP contribution in [0.1, 0.15) is 12.7 Å². The lowest BCUT2D eigenvalue weighted by Gasteiger charge is -2.36. The minimum atomic E-state index is -0.561. The molecule has 1 aromatic carbocycles. The van der Waals surface area contributed by atoms with E-state index in [4.69, 9.17) is 16.3 Å². The highest BCUT2D eigenvalue weighted by Crippen LogP contribution is 2.25. The molecule has 0 saturated carbocycles. The van der Waals surface area contributed by atoms with Gasteiger partial charge >= 0.3 is 0 Å². The molecule has 8 nitrogen and oxygen atoms in total. The normalized spacial score (nSPS) is 15.6. The third-order valence-electron chi connectivity index (χ3n) is 5.05. The molecule has 2 aromatic heterocycles. The van der Waals surface area contributed by atoms with Gasteiger partial charge in [-0.2, -0.15) is 5.10 Å². The first-order valence-corrected chi connectivity index (χ1v) is 9.92. The van der Waals surface area contributed by atoms with Gasteiger partial charge < -0.3 is 14.5 Å². The van der Waals surface area contributed by atoms with E-state index in [1.807, 2.05) is 18.9 Å². The SMILES string of the molecule is Cc1nc(N2CCN(C(=O)C(C)Oc3ccc(Cl)cc3)CC2)c2cnn(C)c2n1. The van der Waals surface area contributed by atoms with Gasteiger partial charge in [0.2, 0.25) is 0 Å². The first-order chi connectivity index (χ1) is 13.9. The zero-order chi connectivity index (χ0) is 20.5. The Balaban J connectivity index is 1.41. The summed E-state index contributed by atoms with van der Waals surface area (Å²) >= 11 is 5.89. The van der Waals surface area contributed by atoms with E-state index in [2.05, 4.69) is 20.0 Å². The van der Waals surface area contributed by atoms with Crippen LogP contribution in [0, 0.1) is 6.92 Å². The van der Waals surface area contributed by atoms with Gasteiger partial charge in [-0.25, -0.2) is 9.97 Å². The number of carbonyl (C=O) groups excluding carboxylic acids is 1. The third-order valence-corrected chi connectivity index (χ3v) is 5.30. The minimum Gasteiger partial charge on any atom is -0.481 e. The molecule has 3 heterocycles. The summed E-state index contributed by atoms with van der Waals surface area (Å²) in [6.45, 7) is 6.26. The second-order valence-electron chi connectivity index (χ2n) is 7.13. The highest BCUT2D eigenvalue weighted by molar-refractivity contribution is 6.30. The number of amides is 1. The molecule has 0 bridgehead atoms. The lowest BCUT2D eigenvalue weighted by Crippen LogP contribution is -2.52. The Bertz CT molecular complexity index is 1030. The average Bonchev–Trinajstić information content (AvgIpc) is 3.09. The van der Waals surface area contributed by atoms with Gasteiger partial charge in [0.05, 0.1) is 11.6 Å². The van der Waals surface area contributed by atoms with Crippen LogP contribution in [-0.2, 0) is 11.8 Å². The van der Waals surface area contributed by atoms with Gasteiger partial charge in [-0.1, -0.05) is 11.6 Å². The summed E-state index contributed by atoms with van der Waals surface area (Å²) in [4.78, 5) is 25.9. The summed E-state index contributed by atoms with van der Waals surface area (Å²) in [6.07, 6.45) is 1.23. The maximum absolute atomic E-state index is 12.8. The highest BCUT2D eigenvalue weighted by Gasteiger charge is 2.27. The summed E-state index contributed by atoms with van der Waals surface area (Å²) in [6, 6.07) is 7.02. The number of nitrogens with zero attached hydrogens (tertiary/aromatic N) is 6. The zero-order valence-corrected chi connectivity index (χ0v) is 17.4. The lowest BCUT2D eigenvalue weighted by atomic mass is 10.2. The van der Waals surface area contributed by atoms with Gasteiger partial charge in [0.1, 0.15) is 17.4 Å². The second kappa shape index (κ2) is 7.87. The molecule has 1 saturated heterocycles. The van der Waals surface area contributed by atoms with Gasteiger partial charge in [-0.3, -0.25) is 9.48 Å². The van der Waals surface area contributed by atoms with Gasteiger partial charge in [0, 0.05) is 38.2 Å². The van der Waals surface area contributed by atoms with Crippen molar-refractivity contribution in [2.24, 2.45) is 7.05 Å². The van der Waals surface area contributed by atoms with Crippen molar-refractivity contribution < 1.29 is 9.53 Å². The molecule has 0 aliphatic carbocycles. The second-order valence-corrected chi connectivity index (χ2v) is 7.56. The molecule has 152 valence electrons. The van der Waals surface area contributed by atoms with Gasteiger partial charge in [-0.05, 0) is 38.1 Å². The van der Waals surface area contributed by atoms with Gasteiger partial charge in [-0.15, -0.1) is 0 Å². The molecular weight excluding hydrogens is 392 g/mol. The molecular formula is C20H23ClN6O2. The lowest BCUT2D eigenvalue weighted by molar-refractivity contribution is -0.138. The Morgan fingerprint density at radius 2 is 1.83 bits per heavy atom. The van der Waals surface area contributed by atoms with Crippen molar-refractivity contribution in [3.05, 3.63) is 41.3 Å². The summed E-state index contributed by atoms with van der Waals surface area (Å²) < 4.78 is 7.53. The van der Waals surface area contributed by atoms with Crippen LogP contribution in [-0.4, -0.2) is 62.8 Å². The van der Waals surface area contributed by atoms with Crippen molar-refractivity contribution in [3.63, 3.8) is 0 Å². The number of hydrogen-bond donors (Lipinski definition) is 0. The number of aromatic nitrogens is 4. The predicted molar refractivity (Wildman–Crippen MR) is 111 cm³/mol. The van der Waals surface area contributed by atoms with E-state index in [9.17, 15) is 4.79 Å². The van der Waals surface area contributed by atoms with E-state index >= 15 is 0 Å². The minimum absolute atomic E-state index is 0.0232. The van der Waals surface area contributed by atoms with Crippen LogP contribution in [0.15, 0.2) is 30.5 Å². The van der Waals surface area contributed by atoms with Crippen molar-refractivity contribution >= 4 is 34.4 Å². The first kappa shape index (κ1) is 19.4. The van der Waals surface area contributed by atoms with Crippen molar-refractivity contribution in [1.82, 2.24) is 24.6 Å². The number of fused-ring (bicyclic) bond motifs is 1. The summed E-state index contributed by atoms with van der Waals surface area (Å²) in [7, 11) is 1.87. The van der Waals surface area contributed by atoms with Crippen LogP contribution in [0.3, 0.4) is 0 Å². The molecule has 3 aromatic rings. The molecule has 1 fully saturated rings. The van der Waals surface area contributed by atoms with E-state index in [1.165, 1.54) is 0 Å². The van der Waals surface area contributed by atoms with E-state index in [0.29, 0.717) is 42.8 Å². The van der Waals surface area contributed by atoms with Crippen LogP contribution < -0.4 is 9.64 Å². The topological polar surface area (TPSA) is 76.4 Å². The quantitative estimate of drug-likeness (QED) is 0.652. The Morgan fingerprint density at radius 1 is 1.14 bits per heavy atom. The maximum Gasteiger partial charge on any atom is 0.263 e. The molecule has 4 rings (SSSR count). The molecule has 9 heteroatoms. The van der Waals surface area contributed by atoms with E-state index in [1.54, 1.807) is 42.1 Å². The van der Waals surface area contributed by atoms with E-state index in [0.717, 1.165) is 16.9 Å². The standard InChI is InChI=1S/C20H23ClN6O2/c1-13(29-16-6-4-15(21)5-7-16)20(28)27-10-8-26(9-11-27)19-17-12-22-25(3)18(17)23-14(2)24-19/h4-7,12-13H,8-11H2,1-3H3. The Morgan fingerprint density at radius 3 is 2.52 bits per heavy atom. The number of benzene rings is 1. The number of piperazine rings is 1. The molecule has 0 radical (unpaired) electrons. The highest BCUT2D eigenvalue weighted by atomic mass is 35.5. The number of anilines is 1. The van der Waals surface area contributed by atoms with Crippen molar-refractivity contribution in [3.8, 4) is 5.75 Å². The molecule has 0 spiro atoms. The number of halogens is 1. The van der Waals surface area contributed by atoms with E-state index in [-0.39, 0.29) is 5.91 Å². The van der Waals surface area contributed by atoms with Gasteiger partial charge in [0.25, 0.3) is 5.91 Å². The molecule has 1 atom stereocenters. The van der Waals surface area contributed by atoms with Crippen LogP contribution in [0.2, 0.25) is 5.02 Å². The fraction of sp³-hybridized carbons (Fsp3) is 0.400. The van der Waals surface area contributed by atoms with Crippen LogP contribution in [0.25, 0.3) is 11.0 Å². The predicted octanol–water partition coefficient (Wildman–Crippen LogP) is 2.44. The molecule has 29 heavy (non-hydrogen) atoms. The molecule has 1 unspecified atom stereocenters. The van der Waals surface area contributed by atoms with Gasteiger partial charge in [0.15, 0.2) is 11.8 Å². The Labute approximate surface area is 174 Å². The number of carbonyl (C=O) groups is 1. The average molecular weight is 415 g/mol. The Hall–Kier alpha value is -2.87. The fourth-order valence-electron chi connectivity index (χ4n) is 3.52. The van der Waals surface area contributed by atoms with Crippen LogP contribution in [0.4, 0.5) is 5.82 Å². The fourth-order valence-corrected chi connectivity index (χ4v) is 3.64. The van der Waals surface area contributed by atoms with Crippen LogP contribution >= 0.6 is 11.6 Å². The first-order valence-electron chi connectivity index (χ1n) is 9.54. The summed E-state index contributed by atoms with van der Waals surface area (Å²) in [5, 5.41) is 5.86. The van der Waals surface area contributed by atoms with E-state index < -0.39 is 6.10 Å². The van der Waals surface area contributed by atoms with Crippen LogP contribution in [0.5, 0.6) is 5.75 Å². The zero-order valence-electron chi connectivity index (χ0n) is 16.7.